The zero-order chi connectivity index (χ0) is 12.8. The lowest BCUT2D eigenvalue weighted by Gasteiger charge is -2.17. The van der Waals surface area contributed by atoms with Gasteiger partial charge < -0.3 is 20.7 Å². The van der Waals surface area contributed by atoms with Crippen LogP contribution in [0, 0.1) is 0 Å². The van der Waals surface area contributed by atoms with Crippen LogP contribution in [0.4, 0.5) is 0 Å². The Hall–Kier alpha value is -0.750. The lowest BCUT2D eigenvalue weighted by molar-refractivity contribution is 0.113. The maximum atomic E-state index is 9.34. The van der Waals surface area contributed by atoms with Crippen LogP contribution in [0.1, 0.15) is 18.5 Å². The first-order valence-electron chi connectivity index (χ1n) is 5.44. The van der Waals surface area contributed by atoms with Gasteiger partial charge in [-0.3, -0.25) is 0 Å². The highest BCUT2D eigenvalue weighted by atomic mass is 32.2. The Morgan fingerprint density at radius 2 is 2.18 bits per heavy atom. The average Bonchev–Trinajstić information content (AvgIpc) is 2.34. The molecule has 0 aliphatic heterocycles. The molecule has 2 atom stereocenters. The SMILES string of the molecule is COc1cccc(SCC(O)CO)c1[C@@H](C)N. The quantitative estimate of drug-likeness (QED) is 0.667. The molecule has 0 amide bonds. The number of thioether (sulfide) groups is 1. The summed E-state index contributed by atoms with van der Waals surface area (Å²) in [5, 5.41) is 18.1. The Balaban J connectivity index is 2.90. The van der Waals surface area contributed by atoms with Gasteiger partial charge in [-0.1, -0.05) is 6.07 Å². The Morgan fingerprint density at radius 3 is 2.71 bits per heavy atom. The van der Waals surface area contributed by atoms with Gasteiger partial charge in [0.2, 0.25) is 0 Å². The maximum absolute atomic E-state index is 9.34. The second-order valence-electron chi connectivity index (χ2n) is 3.81. The summed E-state index contributed by atoms with van der Waals surface area (Å²) >= 11 is 1.47. The summed E-state index contributed by atoms with van der Waals surface area (Å²) < 4.78 is 5.28. The summed E-state index contributed by atoms with van der Waals surface area (Å²) in [5.74, 6) is 1.19. The predicted octanol–water partition coefficient (Wildman–Crippen LogP) is 1.16. The summed E-state index contributed by atoms with van der Waals surface area (Å²) in [6, 6.07) is 5.56. The summed E-state index contributed by atoms with van der Waals surface area (Å²) in [6.45, 7) is 1.66. The number of rotatable bonds is 6. The fraction of sp³-hybridized carbons (Fsp3) is 0.500. The molecule has 0 bridgehead atoms. The van der Waals surface area contributed by atoms with E-state index < -0.39 is 6.10 Å². The minimum Gasteiger partial charge on any atom is -0.496 e. The zero-order valence-corrected chi connectivity index (χ0v) is 10.9. The molecular formula is C12H19NO3S. The van der Waals surface area contributed by atoms with Gasteiger partial charge in [-0.15, -0.1) is 11.8 Å². The minimum absolute atomic E-state index is 0.139. The first-order valence-corrected chi connectivity index (χ1v) is 6.43. The highest BCUT2D eigenvalue weighted by molar-refractivity contribution is 7.99. The fourth-order valence-corrected chi connectivity index (χ4v) is 2.61. The summed E-state index contributed by atoms with van der Waals surface area (Å²) in [6.07, 6.45) is -0.716. The smallest absolute Gasteiger partial charge is 0.124 e. The van der Waals surface area contributed by atoms with Crippen molar-refractivity contribution in [2.45, 2.75) is 24.0 Å². The number of benzene rings is 1. The monoisotopic (exact) mass is 257 g/mol. The second-order valence-corrected chi connectivity index (χ2v) is 4.87. The van der Waals surface area contributed by atoms with E-state index in [4.69, 9.17) is 15.6 Å². The van der Waals surface area contributed by atoms with Crippen molar-refractivity contribution < 1.29 is 14.9 Å². The molecule has 0 fully saturated rings. The summed E-state index contributed by atoms with van der Waals surface area (Å²) in [5.41, 5.74) is 6.86. The van der Waals surface area contributed by atoms with E-state index in [0.29, 0.717) is 5.75 Å². The van der Waals surface area contributed by atoms with Gasteiger partial charge in [-0.25, -0.2) is 0 Å². The molecule has 96 valence electrons. The predicted molar refractivity (Wildman–Crippen MR) is 69.4 cm³/mol. The molecule has 0 radical (unpaired) electrons. The third kappa shape index (κ3) is 3.89. The maximum Gasteiger partial charge on any atom is 0.124 e. The normalized spacial score (nSPS) is 14.4. The van der Waals surface area contributed by atoms with Gasteiger partial charge in [0.05, 0.1) is 19.8 Å². The Bertz CT molecular complexity index is 358. The topological polar surface area (TPSA) is 75.7 Å². The molecule has 0 spiro atoms. The molecule has 0 aliphatic carbocycles. The lowest BCUT2D eigenvalue weighted by atomic mass is 10.1. The number of nitrogens with two attached hydrogens (primary N) is 1. The van der Waals surface area contributed by atoms with Crippen molar-refractivity contribution in [2.24, 2.45) is 5.73 Å². The van der Waals surface area contributed by atoms with E-state index in [1.807, 2.05) is 25.1 Å². The second kappa shape index (κ2) is 6.86. The Labute approximate surface area is 106 Å². The molecule has 1 aromatic carbocycles. The van der Waals surface area contributed by atoms with Gasteiger partial charge in [-0.2, -0.15) is 0 Å². The van der Waals surface area contributed by atoms with Gasteiger partial charge in [-0.05, 0) is 19.1 Å². The molecule has 4 nitrogen and oxygen atoms in total. The molecule has 1 aromatic rings. The average molecular weight is 257 g/mol. The number of methoxy groups -OCH3 is 1. The number of ether oxygens (including phenoxy) is 1. The van der Waals surface area contributed by atoms with Crippen LogP contribution in [0.15, 0.2) is 23.1 Å². The molecular weight excluding hydrogens is 238 g/mol. The van der Waals surface area contributed by atoms with Crippen LogP contribution in [0.5, 0.6) is 5.75 Å². The third-order valence-corrected chi connectivity index (χ3v) is 3.56. The van der Waals surface area contributed by atoms with Crippen LogP contribution in [0.25, 0.3) is 0 Å². The van der Waals surface area contributed by atoms with Crippen molar-refractivity contribution in [3.05, 3.63) is 23.8 Å². The first kappa shape index (κ1) is 14.3. The van der Waals surface area contributed by atoms with Crippen molar-refractivity contribution >= 4 is 11.8 Å². The van der Waals surface area contributed by atoms with Crippen LogP contribution in [-0.4, -0.2) is 35.8 Å². The van der Waals surface area contributed by atoms with Crippen molar-refractivity contribution in [1.29, 1.82) is 0 Å². The Kier molecular flexibility index (Phi) is 5.77. The minimum atomic E-state index is -0.716. The molecule has 0 heterocycles. The van der Waals surface area contributed by atoms with Crippen molar-refractivity contribution in [2.75, 3.05) is 19.5 Å². The first-order chi connectivity index (χ1) is 8.10. The van der Waals surface area contributed by atoms with E-state index >= 15 is 0 Å². The van der Waals surface area contributed by atoms with Crippen LogP contribution < -0.4 is 10.5 Å². The molecule has 0 saturated carbocycles. The number of aliphatic hydroxyl groups excluding tert-OH is 2. The van der Waals surface area contributed by atoms with Gasteiger partial charge in [0.25, 0.3) is 0 Å². The fourth-order valence-electron chi connectivity index (χ4n) is 1.52. The largest absolute Gasteiger partial charge is 0.496 e. The number of hydrogen-bond acceptors (Lipinski definition) is 5. The zero-order valence-electron chi connectivity index (χ0n) is 10.1. The van der Waals surface area contributed by atoms with Gasteiger partial charge in [0, 0.05) is 22.3 Å². The van der Waals surface area contributed by atoms with Gasteiger partial charge in [0.1, 0.15) is 5.75 Å². The van der Waals surface area contributed by atoms with E-state index in [9.17, 15) is 5.11 Å². The summed E-state index contributed by atoms with van der Waals surface area (Å²) in [7, 11) is 1.61. The van der Waals surface area contributed by atoms with Crippen molar-refractivity contribution in [1.82, 2.24) is 0 Å². The molecule has 1 rings (SSSR count). The number of aliphatic hydroxyl groups is 2. The lowest BCUT2D eigenvalue weighted by Crippen LogP contribution is -2.15. The van der Waals surface area contributed by atoms with E-state index in [-0.39, 0.29) is 12.6 Å². The molecule has 5 heteroatoms. The van der Waals surface area contributed by atoms with Crippen LogP contribution in [0.2, 0.25) is 0 Å². The van der Waals surface area contributed by atoms with Crippen molar-refractivity contribution in [3.8, 4) is 5.75 Å². The third-order valence-electron chi connectivity index (χ3n) is 2.34. The van der Waals surface area contributed by atoms with Crippen LogP contribution >= 0.6 is 11.8 Å². The van der Waals surface area contributed by atoms with Crippen LogP contribution in [-0.2, 0) is 0 Å². The van der Waals surface area contributed by atoms with E-state index in [2.05, 4.69) is 0 Å². The van der Waals surface area contributed by atoms with Crippen molar-refractivity contribution in [3.63, 3.8) is 0 Å². The Morgan fingerprint density at radius 1 is 1.47 bits per heavy atom. The molecule has 1 unspecified atom stereocenters. The van der Waals surface area contributed by atoms with Gasteiger partial charge in [0.15, 0.2) is 0 Å². The molecule has 17 heavy (non-hydrogen) atoms. The van der Waals surface area contributed by atoms with E-state index in [1.54, 1.807) is 7.11 Å². The van der Waals surface area contributed by atoms with Crippen LogP contribution in [0.3, 0.4) is 0 Å². The number of hydrogen-bond donors (Lipinski definition) is 3. The standard InChI is InChI=1S/C12H19NO3S/c1-8(13)12-10(16-2)4-3-5-11(12)17-7-9(15)6-14/h3-5,8-9,14-15H,6-7,13H2,1-2H3/t8-,9?/m1/s1. The highest BCUT2D eigenvalue weighted by Crippen LogP contribution is 2.34. The molecule has 4 N–H and O–H groups in total. The molecule has 0 aromatic heterocycles. The van der Waals surface area contributed by atoms with E-state index in [0.717, 1.165) is 16.2 Å². The highest BCUT2D eigenvalue weighted by Gasteiger charge is 2.14. The van der Waals surface area contributed by atoms with Gasteiger partial charge >= 0.3 is 0 Å². The molecule has 0 saturated heterocycles. The molecule has 0 aliphatic rings. The summed E-state index contributed by atoms with van der Waals surface area (Å²) in [4.78, 5) is 0.979. The van der Waals surface area contributed by atoms with E-state index in [1.165, 1.54) is 11.8 Å².